The minimum absolute atomic E-state index is 0.0367. The van der Waals surface area contributed by atoms with Crippen molar-refractivity contribution >= 4 is 11.9 Å². The van der Waals surface area contributed by atoms with Gasteiger partial charge >= 0.3 is 6.01 Å². The van der Waals surface area contributed by atoms with Crippen LogP contribution in [-0.4, -0.2) is 15.0 Å². The predicted octanol–water partition coefficient (Wildman–Crippen LogP) is 1.14. The van der Waals surface area contributed by atoms with Crippen LogP contribution in [0.5, 0.6) is 11.8 Å². The molecular weight excluding hydrogens is 206 g/mol. The zero-order valence-corrected chi connectivity index (χ0v) is 8.71. The van der Waals surface area contributed by atoms with E-state index in [2.05, 4.69) is 15.0 Å². The van der Waals surface area contributed by atoms with Gasteiger partial charge in [0.15, 0.2) is 0 Å². The van der Waals surface area contributed by atoms with E-state index in [9.17, 15) is 0 Å². The molecule has 16 heavy (non-hydrogen) atoms. The Balaban J connectivity index is 2.23. The van der Waals surface area contributed by atoms with Crippen LogP contribution in [0.1, 0.15) is 5.56 Å². The maximum Gasteiger partial charge on any atom is 0.328 e. The number of nitrogens with two attached hydrogens (primary N) is 2. The van der Waals surface area contributed by atoms with Gasteiger partial charge in [-0.3, -0.25) is 0 Å². The van der Waals surface area contributed by atoms with Crippen LogP contribution in [0.3, 0.4) is 0 Å². The quantitative estimate of drug-likeness (QED) is 0.782. The molecule has 4 N–H and O–H groups in total. The second kappa shape index (κ2) is 4.01. The summed E-state index contributed by atoms with van der Waals surface area (Å²) in [4.78, 5) is 11.3. The highest BCUT2D eigenvalue weighted by Gasteiger charge is 2.03. The summed E-state index contributed by atoms with van der Waals surface area (Å²) in [6.07, 6.45) is 0. The van der Waals surface area contributed by atoms with Gasteiger partial charge in [-0.2, -0.15) is 15.0 Å². The zero-order valence-electron chi connectivity index (χ0n) is 8.71. The fourth-order valence-corrected chi connectivity index (χ4v) is 1.15. The maximum absolute atomic E-state index is 5.41. The fourth-order valence-electron chi connectivity index (χ4n) is 1.15. The highest BCUT2D eigenvalue weighted by Crippen LogP contribution is 2.18. The molecule has 0 fully saturated rings. The molecule has 0 atom stereocenters. The van der Waals surface area contributed by atoms with E-state index in [1.54, 1.807) is 0 Å². The van der Waals surface area contributed by atoms with Crippen molar-refractivity contribution < 1.29 is 4.74 Å². The first-order valence-electron chi connectivity index (χ1n) is 4.65. The first-order valence-corrected chi connectivity index (χ1v) is 4.65. The number of anilines is 2. The Morgan fingerprint density at radius 3 is 2.06 bits per heavy atom. The SMILES string of the molecule is Cc1ccc(Oc2nc(N)nc(N)n2)cc1. The molecule has 2 rings (SSSR count). The van der Waals surface area contributed by atoms with E-state index in [-0.39, 0.29) is 17.9 Å². The van der Waals surface area contributed by atoms with Crippen molar-refractivity contribution in [2.45, 2.75) is 6.92 Å². The molecule has 0 saturated carbocycles. The Kier molecular flexibility index (Phi) is 2.55. The summed E-state index contributed by atoms with van der Waals surface area (Å²) in [7, 11) is 0. The largest absolute Gasteiger partial charge is 0.424 e. The second-order valence-corrected chi connectivity index (χ2v) is 3.25. The predicted molar refractivity (Wildman–Crippen MR) is 59.9 cm³/mol. The van der Waals surface area contributed by atoms with Crippen molar-refractivity contribution in [1.29, 1.82) is 0 Å². The zero-order chi connectivity index (χ0) is 11.5. The van der Waals surface area contributed by atoms with Gasteiger partial charge in [0.25, 0.3) is 0 Å². The number of aryl methyl sites for hydroxylation is 1. The molecule has 6 heteroatoms. The summed E-state index contributed by atoms with van der Waals surface area (Å²) in [6.45, 7) is 1.99. The molecule has 1 aromatic heterocycles. The van der Waals surface area contributed by atoms with Crippen molar-refractivity contribution in [2.24, 2.45) is 0 Å². The van der Waals surface area contributed by atoms with E-state index in [1.165, 1.54) is 0 Å². The van der Waals surface area contributed by atoms with Crippen LogP contribution in [-0.2, 0) is 0 Å². The lowest BCUT2D eigenvalue weighted by molar-refractivity contribution is 0.442. The van der Waals surface area contributed by atoms with Gasteiger partial charge in [-0.15, -0.1) is 0 Å². The maximum atomic E-state index is 5.41. The van der Waals surface area contributed by atoms with Crippen LogP contribution in [0.25, 0.3) is 0 Å². The lowest BCUT2D eigenvalue weighted by Gasteiger charge is -2.04. The molecule has 0 bridgehead atoms. The van der Waals surface area contributed by atoms with Gasteiger partial charge in [-0.1, -0.05) is 17.7 Å². The van der Waals surface area contributed by atoms with Gasteiger partial charge in [0, 0.05) is 0 Å². The number of rotatable bonds is 2. The molecule has 0 saturated heterocycles. The van der Waals surface area contributed by atoms with Crippen LogP contribution < -0.4 is 16.2 Å². The highest BCUT2D eigenvalue weighted by atomic mass is 16.5. The number of nitrogen functional groups attached to an aromatic ring is 2. The summed E-state index contributed by atoms with van der Waals surface area (Å²) in [5.41, 5.74) is 12.0. The van der Waals surface area contributed by atoms with E-state index in [4.69, 9.17) is 16.2 Å². The molecule has 2 aromatic rings. The number of aromatic nitrogens is 3. The Morgan fingerprint density at radius 1 is 0.938 bits per heavy atom. The molecule has 1 aromatic carbocycles. The summed E-state index contributed by atoms with van der Waals surface area (Å²) in [5.74, 6) is 0.694. The molecule has 0 aliphatic carbocycles. The fraction of sp³-hybridized carbons (Fsp3) is 0.100. The summed E-state index contributed by atoms with van der Waals surface area (Å²) < 4.78 is 5.37. The average Bonchev–Trinajstić information content (AvgIpc) is 2.20. The van der Waals surface area contributed by atoms with Crippen molar-refractivity contribution in [2.75, 3.05) is 11.5 Å². The van der Waals surface area contributed by atoms with Crippen LogP contribution in [0, 0.1) is 6.92 Å². The lowest BCUT2D eigenvalue weighted by Crippen LogP contribution is -2.04. The van der Waals surface area contributed by atoms with Gasteiger partial charge in [0.2, 0.25) is 11.9 Å². The van der Waals surface area contributed by atoms with Crippen LogP contribution in [0.4, 0.5) is 11.9 Å². The van der Waals surface area contributed by atoms with Crippen molar-refractivity contribution in [3.63, 3.8) is 0 Å². The lowest BCUT2D eigenvalue weighted by atomic mass is 10.2. The van der Waals surface area contributed by atoms with Crippen LogP contribution >= 0.6 is 0 Å². The van der Waals surface area contributed by atoms with Crippen molar-refractivity contribution in [3.05, 3.63) is 29.8 Å². The topological polar surface area (TPSA) is 99.9 Å². The minimum Gasteiger partial charge on any atom is -0.424 e. The Labute approximate surface area is 92.3 Å². The summed E-state index contributed by atoms with van der Waals surface area (Å²) >= 11 is 0. The third-order valence-electron chi connectivity index (χ3n) is 1.88. The van der Waals surface area contributed by atoms with E-state index in [0.29, 0.717) is 5.75 Å². The standard InChI is InChI=1S/C10H11N5O/c1-6-2-4-7(5-3-6)16-10-14-8(11)13-9(12)15-10/h2-5H,1H3,(H4,11,12,13,14,15). The molecule has 6 nitrogen and oxygen atoms in total. The number of ether oxygens (including phenoxy) is 1. The Bertz CT molecular complexity index is 477. The monoisotopic (exact) mass is 217 g/mol. The number of hydrogen-bond donors (Lipinski definition) is 2. The molecule has 0 amide bonds. The second-order valence-electron chi connectivity index (χ2n) is 3.25. The molecule has 1 heterocycles. The van der Waals surface area contributed by atoms with Gasteiger partial charge < -0.3 is 16.2 Å². The molecule has 0 spiro atoms. The third-order valence-corrected chi connectivity index (χ3v) is 1.88. The third kappa shape index (κ3) is 2.35. The van der Waals surface area contributed by atoms with E-state index in [0.717, 1.165) is 5.56 Å². The number of nitrogens with zero attached hydrogens (tertiary/aromatic N) is 3. The highest BCUT2D eigenvalue weighted by molar-refractivity contribution is 5.32. The van der Waals surface area contributed by atoms with Crippen LogP contribution in [0.15, 0.2) is 24.3 Å². The molecule has 82 valence electrons. The first kappa shape index (κ1) is 10.2. The van der Waals surface area contributed by atoms with Crippen molar-refractivity contribution in [3.8, 4) is 11.8 Å². The van der Waals surface area contributed by atoms with E-state index >= 15 is 0 Å². The number of hydrogen-bond acceptors (Lipinski definition) is 6. The molecular formula is C10H11N5O. The number of benzene rings is 1. The van der Waals surface area contributed by atoms with E-state index in [1.807, 2.05) is 31.2 Å². The van der Waals surface area contributed by atoms with Gasteiger partial charge in [0.05, 0.1) is 0 Å². The average molecular weight is 217 g/mol. The normalized spacial score (nSPS) is 10.1. The van der Waals surface area contributed by atoms with Gasteiger partial charge in [-0.25, -0.2) is 0 Å². The summed E-state index contributed by atoms with van der Waals surface area (Å²) in [5, 5.41) is 0. The van der Waals surface area contributed by atoms with Gasteiger partial charge in [0.1, 0.15) is 5.75 Å². The van der Waals surface area contributed by atoms with Crippen molar-refractivity contribution in [1.82, 2.24) is 15.0 Å². The Hall–Kier alpha value is -2.37. The Morgan fingerprint density at radius 2 is 1.50 bits per heavy atom. The molecule has 0 unspecified atom stereocenters. The minimum atomic E-state index is 0.0367. The molecule has 0 aliphatic heterocycles. The molecule has 0 aliphatic rings. The summed E-state index contributed by atoms with van der Waals surface area (Å²) in [6, 6.07) is 7.55. The van der Waals surface area contributed by atoms with Crippen LogP contribution in [0.2, 0.25) is 0 Å². The first-order chi connectivity index (χ1) is 7.63. The smallest absolute Gasteiger partial charge is 0.328 e. The molecule has 0 radical (unpaired) electrons. The van der Waals surface area contributed by atoms with Gasteiger partial charge in [-0.05, 0) is 19.1 Å². The van der Waals surface area contributed by atoms with E-state index < -0.39 is 0 Å².